The zero-order valence-corrected chi connectivity index (χ0v) is 18.1. The summed E-state index contributed by atoms with van der Waals surface area (Å²) in [6.07, 6.45) is 6.42. The number of aromatic nitrogens is 3. The summed E-state index contributed by atoms with van der Waals surface area (Å²) in [7, 11) is 0. The predicted octanol–water partition coefficient (Wildman–Crippen LogP) is 2.80. The van der Waals surface area contributed by atoms with Gasteiger partial charge >= 0.3 is 0 Å². The highest BCUT2D eigenvalue weighted by molar-refractivity contribution is 7.12. The molecule has 1 amide bonds. The van der Waals surface area contributed by atoms with Crippen molar-refractivity contribution in [1.82, 2.24) is 24.8 Å². The van der Waals surface area contributed by atoms with Crippen molar-refractivity contribution in [1.29, 1.82) is 0 Å². The Morgan fingerprint density at radius 1 is 1.26 bits per heavy atom. The molecule has 0 bridgehead atoms. The Balaban J connectivity index is 1.31. The molecule has 1 saturated heterocycles. The molecule has 0 unspecified atom stereocenters. The van der Waals surface area contributed by atoms with E-state index in [-0.39, 0.29) is 17.4 Å². The van der Waals surface area contributed by atoms with Crippen LogP contribution in [0.25, 0.3) is 0 Å². The summed E-state index contributed by atoms with van der Waals surface area (Å²) in [4.78, 5) is 42.6. The lowest BCUT2D eigenvalue weighted by Gasteiger charge is -2.33. The van der Waals surface area contributed by atoms with Crippen LogP contribution >= 0.6 is 11.3 Å². The van der Waals surface area contributed by atoms with Gasteiger partial charge in [-0.15, -0.1) is 11.3 Å². The maximum atomic E-state index is 12.9. The molecule has 2 aliphatic rings. The summed E-state index contributed by atoms with van der Waals surface area (Å²) in [5.41, 5.74) is 2.57. The molecule has 0 spiro atoms. The highest BCUT2D eigenvalue weighted by atomic mass is 32.1. The Kier molecular flexibility index (Phi) is 5.65. The number of carbonyl (C=O) groups is 1. The number of thiophene rings is 1. The maximum Gasteiger partial charge on any atom is 0.264 e. The molecule has 7 nitrogen and oxygen atoms in total. The van der Waals surface area contributed by atoms with Crippen molar-refractivity contribution in [3.8, 4) is 0 Å². The highest BCUT2D eigenvalue weighted by Gasteiger charge is 2.28. The lowest BCUT2D eigenvalue weighted by atomic mass is 9.96. The second kappa shape index (κ2) is 8.72. The van der Waals surface area contributed by atoms with E-state index in [2.05, 4.69) is 20.9 Å². The SMILES string of the molecule is O=C(c1cccs1)N1CCc2nc([C@H]3CCCN(Cc4cccnc4)C3)[nH]c(=O)c2C1. The van der Waals surface area contributed by atoms with Gasteiger partial charge in [0.15, 0.2) is 0 Å². The summed E-state index contributed by atoms with van der Waals surface area (Å²) >= 11 is 1.43. The van der Waals surface area contributed by atoms with E-state index in [0.29, 0.717) is 30.0 Å². The first-order valence-corrected chi connectivity index (χ1v) is 11.6. The normalized spacial score (nSPS) is 19.2. The van der Waals surface area contributed by atoms with Crippen molar-refractivity contribution < 1.29 is 4.79 Å². The van der Waals surface area contributed by atoms with Gasteiger partial charge in [-0.1, -0.05) is 12.1 Å². The van der Waals surface area contributed by atoms with Gasteiger partial charge in [-0.25, -0.2) is 4.98 Å². The Labute approximate surface area is 184 Å². The van der Waals surface area contributed by atoms with Crippen LogP contribution in [0.3, 0.4) is 0 Å². The summed E-state index contributed by atoms with van der Waals surface area (Å²) in [6, 6.07) is 7.76. The van der Waals surface area contributed by atoms with Crippen LogP contribution in [0.4, 0.5) is 0 Å². The average molecular weight is 436 g/mol. The molecule has 0 saturated carbocycles. The number of rotatable bonds is 4. The van der Waals surface area contributed by atoms with E-state index >= 15 is 0 Å². The van der Waals surface area contributed by atoms with Gasteiger partial charge in [-0.2, -0.15) is 0 Å². The smallest absolute Gasteiger partial charge is 0.264 e. The van der Waals surface area contributed by atoms with E-state index < -0.39 is 0 Å². The van der Waals surface area contributed by atoms with Crippen molar-refractivity contribution in [3.63, 3.8) is 0 Å². The van der Waals surface area contributed by atoms with Crippen LogP contribution < -0.4 is 5.56 Å². The lowest BCUT2D eigenvalue weighted by Crippen LogP contribution is -2.40. The number of nitrogens with one attached hydrogen (secondary N) is 1. The first kappa shape index (κ1) is 20.1. The summed E-state index contributed by atoms with van der Waals surface area (Å²) in [5, 5.41) is 1.90. The van der Waals surface area contributed by atoms with Crippen molar-refractivity contribution >= 4 is 17.2 Å². The number of hydrogen-bond acceptors (Lipinski definition) is 6. The minimum atomic E-state index is -0.104. The van der Waals surface area contributed by atoms with E-state index in [9.17, 15) is 9.59 Å². The van der Waals surface area contributed by atoms with Gasteiger partial charge in [-0.05, 0) is 42.5 Å². The van der Waals surface area contributed by atoms with Gasteiger partial charge in [0.05, 0.1) is 22.7 Å². The molecular formula is C23H25N5O2S. The third kappa shape index (κ3) is 4.31. The topological polar surface area (TPSA) is 82.2 Å². The van der Waals surface area contributed by atoms with E-state index in [1.807, 2.05) is 29.8 Å². The first-order valence-electron chi connectivity index (χ1n) is 10.7. The number of nitrogens with zero attached hydrogens (tertiary/aromatic N) is 4. The van der Waals surface area contributed by atoms with E-state index in [1.54, 1.807) is 11.1 Å². The zero-order valence-electron chi connectivity index (χ0n) is 17.3. The van der Waals surface area contributed by atoms with E-state index in [4.69, 9.17) is 4.98 Å². The molecule has 2 aliphatic heterocycles. The van der Waals surface area contributed by atoms with Gasteiger partial charge in [0.1, 0.15) is 5.82 Å². The fourth-order valence-corrected chi connectivity index (χ4v) is 5.23. The molecule has 0 radical (unpaired) electrons. The molecule has 1 atom stereocenters. The number of H-pyrrole nitrogens is 1. The third-order valence-electron chi connectivity index (χ3n) is 6.13. The molecule has 1 fully saturated rings. The molecular weight excluding hydrogens is 410 g/mol. The molecule has 3 aromatic heterocycles. The number of fused-ring (bicyclic) bond motifs is 1. The van der Waals surface area contributed by atoms with Gasteiger partial charge in [0.2, 0.25) is 0 Å². The fraction of sp³-hybridized carbons (Fsp3) is 0.391. The average Bonchev–Trinajstić information content (AvgIpc) is 3.34. The standard InChI is InChI=1S/C23H25N5O2S/c29-22-18-15-28(23(30)20-6-3-11-31-20)10-7-19(18)25-21(26-22)17-5-2-9-27(14-17)13-16-4-1-8-24-12-16/h1,3-4,6,8,11-12,17H,2,5,7,9-10,13-15H2,(H,25,26,29)/t17-/m0/s1. The molecule has 1 N–H and O–H groups in total. The van der Waals surface area contributed by atoms with Crippen LogP contribution in [0.5, 0.6) is 0 Å². The van der Waals surface area contributed by atoms with Gasteiger partial charge < -0.3 is 9.88 Å². The lowest BCUT2D eigenvalue weighted by molar-refractivity contribution is 0.0737. The maximum absolute atomic E-state index is 12.9. The number of pyridine rings is 1. The minimum Gasteiger partial charge on any atom is -0.333 e. The van der Waals surface area contributed by atoms with E-state index in [1.165, 1.54) is 16.9 Å². The zero-order chi connectivity index (χ0) is 21.2. The Morgan fingerprint density at radius 3 is 3.00 bits per heavy atom. The Bertz CT molecular complexity index is 1110. The molecule has 160 valence electrons. The number of piperidine rings is 1. The summed E-state index contributed by atoms with van der Waals surface area (Å²) in [6.45, 7) is 3.70. The Morgan fingerprint density at radius 2 is 2.19 bits per heavy atom. The quantitative estimate of drug-likeness (QED) is 0.682. The molecule has 5 rings (SSSR count). The van der Waals surface area contributed by atoms with Gasteiger partial charge in [0.25, 0.3) is 11.5 Å². The fourth-order valence-electron chi connectivity index (χ4n) is 4.54. The van der Waals surface area contributed by atoms with Crippen LogP contribution in [0.15, 0.2) is 46.8 Å². The molecule has 31 heavy (non-hydrogen) atoms. The number of aromatic amines is 1. The second-order valence-corrected chi connectivity index (χ2v) is 9.21. The monoisotopic (exact) mass is 435 g/mol. The Hall–Kier alpha value is -2.84. The van der Waals surface area contributed by atoms with Crippen LogP contribution in [0, 0.1) is 0 Å². The second-order valence-electron chi connectivity index (χ2n) is 8.27. The van der Waals surface area contributed by atoms with E-state index in [0.717, 1.165) is 44.0 Å². The van der Waals surface area contributed by atoms with Gasteiger partial charge in [0, 0.05) is 44.4 Å². The minimum absolute atomic E-state index is 0.0116. The summed E-state index contributed by atoms with van der Waals surface area (Å²) < 4.78 is 0. The number of hydrogen-bond donors (Lipinski definition) is 1. The van der Waals surface area contributed by atoms with Crippen LogP contribution in [-0.4, -0.2) is 50.3 Å². The largest absolute Gasteiger partial charge is 0.333 e. The highest BCUT2D eigenvalue weighted by Crippen LogP contribution is 2.26. The number of likely N-dealkylation sites (tertiary alicyclic amines) is 1. The summed E-state index contributed by atoms with van der Waals surface area (Å²) in [5.74, 6) is 0.995. The van der Waals surface area contributed by atoms with Crippen LogP contribution in [0.1, 0.15) is 51.1 Å². The van der Waals surface area contributed by atoms with Gasteiger partial charge in [-0.3, -0.25) is 19.5 Å². The van der Waals surface area contributed by atoms with Crippen molar-refractivity contribution in [2.24, 2.45) is 0 Å². The number of amides is 1. The predicted molar refractivity (Wildman–Crippen MR) is 119 cm³/mol. The van der Waals surface area contributed by atoms with Crippen LogP contribution in [0.2, 0.25) is 0 Å². The van der Waals surface area contributed by atoms with Crippen molar-refractivity contribution in [2.75, 3.05) is 19.6 Å². The first-order chi connectivity index (χ1) is 15.2. The van der Waals surface area contributed by atoms with Crippen LogP contribution in [-0.2, 0) is 19.5 Å². The molecule has 0 aromatic carbocycles. The molecule has 5 heterocycles. The molecule has 0 aliphatic carbocycles. The number of carbonyl (C=O) groups excluding carboxylic acids is 1. The molecule has 8 heteroatoms. The third-order valence-corrected chi connectivity index (χ3v) is 6.99. The molecule has 3 aromatic rings. The van der Waals surface area contributed by atoms with Crippen molar-refractivity contribution in [3.05, 3.63) is 79.9 Å². The van der Waals surface area contributed by atoms with Crippen molar-refractivity contribution in [2.45, 2.75) is 38.3 Å².